The average Bonchev–Trinajstić information content (AvgIpc) is 3.00. The fourth-order valence-electron chi connectivity index (χ4n) is 2.60. The molecule has 0 saturated heterocycles. The Hall–Kier alpha value is -0.630. The largest absolute Gasteiger partial charge is 0.468 e. The molecule has 1 aliphatic rings. The Morgan fingerprint density at radius 2 is 2.05 bits per heavy atom. The molecule has 0 aromatic heterocycles. The first kappa shape index (κ1) is 16.7. The molecule has 1 saturated carbocycles. The van der Waals surface area contributed by atoms with Crippen LogP contribution in [0.25, 0.3) is 0 Å². The van der Waals surface area contributed by atoms with Crippen LogP contribution in [-0.4, -0.2) is 36.5 Å². The first-order valence-corrected chi connectivity index (χ1v) is 8.73. The van der Waals surface area contributed by atoms with Crippen LogP contribution in [0.2, 0.25) is 0 Å². The molecule has 21 heavy (non-hydrogen) atoms. The number of methoxy groups -OCH3 is 1. The molecule has 1 aliphatic carbocycles. The Morgan fingerprint density at radius 1 is 1.38 bits per heavy atom. The quantitative estimate of drug-likeness (QED) is 0.504. The van der Waals surface area contributed by atoms with E-state index in [4.69, 9.17) is 4.74 Å². The van der Waals surface area contributed by atoms with Crippen LogP contribution < -0.4 is 0 Å². The van der Waals surface area contributed by atoms with Crippen molar-refractivity contribution in [3.8, 4) is 0 Å². The molecule has 1 amide bonds. The summed E-state index contributed by atoms with van der Waals surface area (Å²) >= 11 is 5.54. The first-order chi connectivity index (χ1) is 10.0. The van der Waals surface area contributed by atoms with Crippen molar-refractivity contribution in [1.29, 1.82) is 0 Å². The number of halogens is 2. The van der Waals surface area contributed by atoms with E-state index in [1.54, 1.807) is 4.90 Å². The van der Waals surface area contributed by atoms with E-state index in [9.17, 15) is 9.59 Å². The van der Waals surface area contributed by atoms with Crippen LogP contribution in [-0.2, 0) is 9.53 Å². The van der Waals surface area contributed by atoms with E-state index < -0.39 is 0 Å². The second-order valence-corrected chi connectivity index (χ2v) is 7.15. The smallest absolute Gasteiger partial charge is 0.325 e. The normalized spacial score (nSPS) is 15.0. The summed E-state index contributed by atoms with van der Waals surface area (Å²) in [6, 6.07) is 5.73. The summed E-state index contributed by atoms with van der Waals surface area (Å²) in [4.78, 5) is 26.2. The molecule has 1 fully saturated rings. The Kier molecular flexibility index (Phi) is 6.04. The van der Waals surface area contributed by atoms with Gasteiger partial charge in [0.2, 0.25) is 0 Å². The molecule has 1 aromatic carbocycles. The summed E-state index contributed by atoms with van der Waals surface area (Å²) in [5.41, 5.74) is 0.626. The molecule has 0 radical (unpaired) electrons. The molecule has 1 aromatic rings. The van der Waals surface area contributed by atoms with Crippen molar-refractivity contribution in [2.24, 2.45) is 0 Å². The van der Waals surface area contributed by atoms with E-state index >= 15 is 0 Å². The summed E-state index contributed by atoms with van der Waals surface area (Å²) in [5, 5.41) is 0. The van der Waals surface area contributed by atoms with Crippen LogP contribution in [0.1, 0.15) is 36.0 Å². The maximum Gasteiger partial charge on any atom is 0.325 e. The number of carbonyl (C=O) groups excluding carboxylic acids is 2. The molecule has 0 bridgehead atoms. The highest BCUT2D eigenvalue weighted by Gasteiger charge is 2.30. The van der Waals surface area contributed by atoms with Gasteiger partial charge in [-0.1, -0.05) is 28.8 Å². The molecule has 0 spiro atoms. The maximum atomic E-state index is 12.8. The zero-order valence-corrected chi connectivity index (χ0v) is 15.5. The number of esters is 1. The molecule has 0 aliphatic heterocycles. The van der Waals surface area contributed by atoms with Crippen molar-refractivity contribution in [3.63, 3.8) is 0 Å². The highest BCUT2D eigenvalue weighted by Crippen LogP contribution is 2.27. The summed E-state index contributed by atoms with van der Waals surface area (Å²) in [6.07, 6.45) is 4.11. The van der Waals surface area contributed by atoms with Gasteiger partial charge >= 0.3 is 5.97 Å². The van der Waals surface area contributed by atoms with Gasteiger partial charge in [-0.3, -0.25) is 9.59 Å². The van der Waals surface area contributed by atoms with Gasteiger partial charge in [0.25, 0.3) is 5.91 Å². The lowest BCUT2D eigenvalue weighted by Crippen LogP contribution is -2.42. The second kappa shape index (κ2) is 7.58. The molecule has 114 valence electrons. The predicted octanol–water partition coefficient (Wildman–Crippen LogP) is 3.61. The van der Waals surface area contributed by atoms with E-state index in [0.717, 1.165) is 33.7 Å². The van der Waals surface area contributed by atoms with E-state index in [0.29, 0.717) is 5.56 Å². The molecule has 0 atom stereocenters. The van der Waals surface area contributed by atoms with Crippen molar-refractivity contribution < 1.29 is 14.3 Å². The Morgan fingerprint density at radius 3 is 2.67 bits per heavy atom. The topological polar surface area (TPSA) is 46.6 Å². The minimum absolute atomic E-state index is 0.0165. The number of nitrogens with zero attached hydrogens (tertiary/aromatic N) is 1. The molecular formula is C15H17BrINO3. The molecule has 4 nitrogen and oxygen atoms in total. The maximum absolute atomic E-state index is 12.8. The Labute approximate surface area is 146 Å². The van der Waals surface area contributed by atoms with E-state index in [-0.39, 0.29) is 24.5 Å². The van der Waals surface area contributed by atoms with Crippen molar-refractivity contribution in [1.82, 2.24) is 4.90 Å². The number of benzene rings is 1. The number of ether oxygens (including phenoxy) is 1. The van der Waals surface area contributed by atoms with Crippen LogP contribution in [0.15, 0.2) is 22.7 Å². The van der Waals surface area contributed by atoms with E-state index in [2.05, 4.69) is 38.5 Å². The molecular weight excluding hydrogens is 449 g/mol. The summed E-state index contributed by atoms with van der Waals surface area (Å²) in [7, 11) is 1.35. The number of hydrogen-bond acceptors (Lipinski definition) is 3. The monoisotopic (exact) mass is 465 g/mol. The third-order valence-electron chi connectivity index (χ3n) is 3.71. The van der Waals surface area contributed by atoms with Crippen molar-refractivity contribution in [2.45, 2.75) is 31.7 Å². The third-order valence-corrected chi connectivity index (χ3v) is 5.15. The zero-order chi connectivity index (χ0) is 15.4. The zero-order valence-electron chi connectivity index (χ0n) is 11.8. The minimum Gasteiger partial charge on any atom is -0.468 e. The van der Waals surface area contributed by atoms with Gasteiger partial charge < -0.3 is 9.64 Å². The van der Waals surface area contributed by atoms with Gasteiger partial charge in [0.1, 0.15) is 6.54 Å². The highest BCUT2D eigenvalue weighted by atomic mass is 127. The van der Waals surface area contributed by atoms with Gasteiger partial charge in [0.15, 0.2) is 0 Å². The van der Waals surface area contributed by atoms with E-state index in [1.165, 1.54) is 7.11 Å². The molecule has 0 unspecified atom stereocenters. The molecule has 6 heteroatoms. The van der Waals surface area contributed by atoms with Gasteiger partial charge in [0, 0.05) is 14.1 Å². The summed E-state index contributed by atoms with van der Waals surface area (Å²) in [6.45, 7) is 0.0165. The minimum atomic E-state index is -0.375. The van der Waals surface area contributed by atoms with Crippen LogP contribution in [0.4, 0.5) is 0 Å². The lowest BCUT2D eigenvalue weighted by atomic mass is 10.1. The molecule has 0 heterocycles. The number of amides is 1. The number of carbonyl (C=O) groups is 2. The van der Waals surface area contributed by atoms with Gasteiger partial charge in [-0.2, -0.15) is 0 Å². The number of rotatable bonds is 4. The van der Waals surface area contributed by atoms with Gasteiger partial charge in [-0.25, -0.2) is 0 Å². The lowest BCUT2D eigenvalue weighted by Gasteiger charge is -2.28. The standard InChI is InChI=1S/C15H17BrINO3/c1-21-14(19)9-18(11-4-2-3-5-11)15(20)12-8-10(16)6-7-13(12)17/h6-8,11H,2-5,9H2,1H3. The number of hydrogen-bond donors (Lipinski definition) is 0. The molecule has 0 N–H and O–H groups in total. The lowest BCUT2D eigenvalue weighted by molar-refractivity contribution is -0.141. The highest BCUT2D eigenvalue weighted by molar-refractivity contribution is 14.1. The third kappa shape index (κ3) is 4.18. The predicted molar refractivity (Wildman–Crippen MR) is 92.2 cm³/mol. The first-order valence-electron chi connectivity index (χ1n) is 6.85. The van der Waals surface area contributed by atoms with Crippen LogP contribution in [0.3, 0.4) is 0 Å². The molecule has 2 rings (SSSR count). The summed E-state index contributed by atoms with van der Waals surface area (Å²) in [5.74, 6) is -0.474. The fourth-order valence-corrected chi connectivity index (χ4v) is 3.53. The van der Waals surface area contributed by atoms with Crippen molar-refractivity contribution in [3.05, 3.63) is 31.8 Å². The average molecular weight is 466 g/mol. The van der Waals surface area contributed by atoms with E-state index in [1.807, 2.05) is 18.2 Å². The summed E-state index contributed by atoms with van der Waals surface area (Å²) < 4.78 is 6.48. The van der Waals surface area contributed by atoms with Crippen LogP contribution in [0, 0.1) is 3.57 Å². The van der Waals surface area contributed by atoms with Gasteiger partial charge in [-0.15, -0.1) is 0 Å². The Balaban J connectivity index is 2.28. The van der Waals surface area contributed by atoms with Gasteiger partial charge in [0.05, 0.1) is 12.7 Å². The second-order valence-electron chi connectivity index (χ2n) is 5.07. The SMILES string of the molecule is COC(=O)CN(C(=O)c1cc(Br)ccc1I)C1CCCC1. The Bertz CT molecular complexity index is 544. The van der Waals surface area contributed by atoms with Crippen molar-refractivity contribution in [2.75, 3.05) is 13.7 Å². The van der Waals surface area contributed by atoms with Gasteiger partial charge in [-0.05, 0) is 53.6 Å². The van der Waals surface area contributed by atoms with Crippen molar-refractivity contribution >= 4 is 50.4 Å². The van der Waals surface area contributed by atoms with Crippen LogP contribution >= 0.6 is 38.5 Å². The fraction of sp³-hybridized carbons (Fsp3) is 0.467. The van der Waals surface area contributed by atoms with Crippen LogP contribution in [0.5, 0.6) is 0 Å².